The van der Waals surface area contributed by atoms with Gasteiger partial charge in [0.15, 0.2) is 0 Å². The van der Waals surface area contributed by atoms with Crippen molar-refractivity contribution in [2.75, 3.05) is 0 Å². The molecule has 2 N–H and O–H groups in total. The fourth-order valence-corrected chi connectivity index (χ4v) is 5.09. The number of benzene rings is 1. The highest BCUT2D eigenvalue weighted by Gasteiger charge is 2.26. The van der Waals surface area contributed by atoms with E-state index in [1.165, 1.54) is 18.3 Å². The smallest absolute Gasteiger partial charge is 0.321 e. The maximum Gasteiger partial charge on any atom is 0.321 e. The van der Waals surface area contributed by atoms with Gasteiger partial charge in [0.1, 0.15) is 10.9 Å². The molecule has 2 rings (SSSR count). The van der Waals surface area contributed by atoms with Crippen molar-refractivity contribution in [3.8, 4) is 0 Å². The molecule has 0 aliphatic rings. The van der Waals surface area contributed by atoms with Crippen molar-refractivity contribution in [3.63, 3.8) is 0 Å². The van der Waals surface area contributed by atoms with Gasteiger partial charge in [-0.05, 0) is 26.3 Å². The van der Waals surface area contributed by atoms with Gasteiger partial charge in [-0.3, -0.25) is 4.79 Å². The Balaban J connectivity index is 2.60. The van der Waals surface area contributed by atoms with E-state index in [2.05, 4.69) is 4.72 Å². The highest BCUT2D eigenvalue weighted by Crippen LogP contribution is 2.35. The Labute approximate surface area is 121 Å². The highest BCUT2D eigenvalue weighted by atomic mass is 32.2. The second-order valence-corrected chi connectivity index (χ2v) is 7.50. The van der Waals surface area contributed by atoms with Crippen LogP contribution in [0.3, 0.4) is 0 Å². The van der Waals surface area contributed by atoms with Gasteiger partial charge >= 0.3 is 5.97 Å². The summed E-state index contributed by atoms with van der Waals surface area (Å²) in [5.74, 6) is -1.21. The predicted molar refractivity (Wildman–Crippen MR) is 78.7 cm³/mol. The summed E-state index contributed by atoms with van der Waals surface area (Å²) in [6.45, 7) is 4.95. The highest BCUT2D eigenvalue weighted by molar-refractivity contribution is 7.90. The molecule has 1 aromatic carbocycles. The molecule has 1 aromatic heterocycles. The number of thiophene rings is 1. The van der Waals surface area contributed by atoms with Crippen LogP contribution < -0.4 is 4.72 Å². The van der Waals surface area contributed by atoms with Gasteiger partial charge < -0.3 is 5.11 Å². The molecular weight excluding hydrogens is 298 g/mol. The monoisotopic (exact) mass is 313 g/mol. The van der Waals surface area contributed by atoms with Crippen LogP contribution in [0.5, 0.6) is 0 Å². The zero-order valence-corrected chi connectivity index (χ0v) is 12.9. The number of rotatable bonds is 4. The molecule has 0 spiro atoms. The summed E-state index contributed by atoms with van der Waals surface area (Å²) >= 11 is 1.40. The summed E-state index contributed by atoms with van der Waals surface area (Å²) in [6.07, 6.45) is 0. The molecule has 0 aliphatic heterocycles. The molecule has 2 aromatic rings. The van der Waals surface area contributed by atoms with E-state index in [4.69, 9.17) is 5.11 Å². The van der Waals surface area contributed by atoms with Gasteiger partial charge in [0.05, 0.1) is 0 Å². The number of aryl methyl sites for hydroxylation is 2. The van der Waals surface area contributed by atoms with Gasteiger partial charge in [-0.2, -0.15) is 4.72 Å². The summed E-state index contributed by atoms with van der Waals surface area (Å²) < 4.78 is 27.9. The maximum atomic E-state index is 12.4. The second kappa shape index (κ2) is 5.16. The topological polar surface area (TPSA) is 83.5 Å². The minimum Gasteiger partial charge on any atom is -0.480 e. The molecule has 0 fully saturated rings. The Morgan fingerprint density at radius 3 is 2.60 bits per heavy atom. The molecule has 0 saturated heterocycles. The zero-order valence-electron chi connectivity index (χ0n) is 11.3. The van der Waals surface area contributed by atoms with Crippen molar-refractivity contribution in [3.05, 3.63) is 28.6 Å². The third-order valence-corrected chi connectivity index (χ3v) is 6.12. The summed E-state index contributed by atoms with van der Waals surface area (Å²) in [5, 5.41) is 9.48. The van der Waals surface area contributed by atoms with E-state index in [9.17, 15) is 13.2 Å². The van der Waals surface area contributed by atoms with E-state index in [0.29, 0.717) is 10.3 Å². The molecule has 1 atom stereocenters. The lowest BCUT2D eigenvalue weighted by Crippen LogP contribution is -2.38. The number of hydrogen-bond acceptors (Lipinski definition) is 4. The van der Waals surface area contributed by atoms with Crippen molar-refractivity contribution in [2.24, 2.45) is 0 Å². The van der Waals surface area contributed by atoms with E-state index in [1.807, 2.05) is 13.0 Å². The van der Waals surface area contributed by atoms with Crippen molar-refractivity contribution >= 4 is 37.4 Å². The molecule has 1 heterocycles. The first kappa shape index (κ1) is 15.0. The van der Waals surface area contributed by atoms with Crippen molar-refractivity contribution in [1.29, 1.82) is 0 Å². The van der Waals surface area contributed by atoms with E-state index in [-0.39, 0.29) is 4.90 Å². The Kier molecular flexibility index (Phi) is 3.86. The first-order chi connectivity index (χ1) is 9.24. The average Bonchev–Trinajstić information content (AvgIpc) is 2.66. The number of carboxylic acid groups (broad SMARTS) is 1. The van der Waals surface area contributed by atoms with Crippen LogP contribution in [-0.4, -0.2) is 25.5 Å². The lowest BCUT2D eigenvalue weighted by Gasteiger charge is -2.10. The Morgan fingerprint density at radius 1 is 1.35 bits per heavy atom. The fraction of sp³-hybridized carbons (Fsp3) is 0.308. The molecule has 1 unspecified atom stereocenters. The summed E-state index contributed by atoms with van der Waals surface area (Å²) in [6, 6.07) is 4.29. The predicted octanol–water partition coefficient (Wildman–Crippen LogP) is 2.27. The van der Waals surface area contributed by atoms with Crippen LogP contribution in [0.15, 0.2) is 23.1 Å². The molecule has 0 amide bonds. The van der Waals surface area contributed by atoms with Crippen molar-refractivity contribution in [2.45, 2.75) is 31.7 Å². The van der Waals surface area contributed by atoms with E-state index >= 15 is 0 Å². The SMILES string of the molecule is Cc1sc2c(C)cccc2c1S(=O)(=O)NC(C)C(=O)O. The lowest BCUT2D eigenvalue weighted by molar-refractivity contribution is -0.138. The Hall–Kier alpha value is -1.44. The Morgan fingerprint density at radius 2 is 2.00 bits per heavy atom. The van der Waals surface area contributed by atoms with Crippen LogP contribution >= 0.6 is 11.3 Å². The molecule has 0 radical (unpaired) electrons. The molecule has 0 bridgehead atoms. The van der Waals surface area contributed by atoms with Gasteiger partial charge in [-0.25, -0.2) is 8.42 Å². The molecule has 108 valence electrons. The molecule has 20 heavy (non-hydrogen) atoms. The van der Waals surface area contributed by atoms with Crippen molar-refractivity contribution in [1.82, 2.24) is 4.72 Å². The van der Waals surface area contributed by atoms with Gasteiger partial charge in [0.25, 0.3) is 0 Å². The number of hydrogen-bond donors (Lipinski definition) is 2. The number of fused-ring (bicyclic) bond motifs is 1. The molecule has 5 nitrogen and oxygen atoms in total. The first-order valence-electron chi connectivity index (χ1n) is 5.98. The number of carbonyl (C=O) groups is 1. The van der Waals surface area contributed by atoms with Gasteiger partial charge in [0.2, 0.25) is 10.0 Å². The standard InChI is InChI=1S/C13H15NO4S2/c1-7-5-4-6-10-11(7)19-9(3)12(10)20(17,18)14-8(2)13(15)16/h4-6,8,14H,1-3H3,(H,15,16). The minimum atomic E-state index is -3.86. The number of aliphatic carboxylic acids is 1. The fourth-order valence-electron chi connectivity index (χ4n) is 2.03. The first-order valence-corrected chi connectivity index (χ1v) is 8.28. The lowest BCUT2D eigenvalue weighted by atomic mass is 10.2. The van der Waals surface area contributed by atoms with Gasteiger partial charge in [-0.15, -0.1) is 11.3 Å². The Bertz CT molecular complexity index is 777. The quantitative estimate of drug-likeness (QED) is 0.907. The molecular formula is C13H15NO4S2. The summed E-state index contributed by atoms with van der Waals surface area (Å²) in [5.41, 5.74) is 1.00. The van der Waals surface area contributed by atoms with Crippen molar-refractivity contribution < 1.29 is 18.3 Å². The van der Waals surface area contributed by atoms with Crippen LogP contribution in [0.1, 0.15) is 17.4 Å². The summed E-state index contributed by atoms with van der Waals surface area (Å²) in [7, 11) is -3.86. The third-order valence-electron chi connectivity index (χ3n) is 3.00. The van der Waals surface area contributed by atoms with Crippen LogP contribution in [0, 0.1) is 13.8 Å². The molecule has 0 aliphatic carbocycles. The van der Waals surface area contributed by atoms with Crippen LogP contribution in [-0.2, 0) is 14.8 Å². The largest absolute Gasteiger partial charge is 0.480 e. The zero-order chi connectivity index (χ0) is 15.1. The summed E-state index contributed by atoms with van der Waals surface area (Å²) in [4.78, 5) is 11.7. The van der Waals surface area contributed by atoms with E-state index in [0.717, 1.165) is 10.3 Å². The molecule has 7 heteroatoms. The minimum absolute atomic E-state index is 0.175. The van der Waals surface area contributed by atoms with Crippen LogP contribution in [0.25, 0.3) is 10.1 Å². The number of nitrogens with one attached hydrogen (secondary N) is 1. The maximum absolute atomic E-state index is 12.4. The third kappa shape index (κ3) is 2.56. The van der Waals surface area contributed by atoms with Crippen LogP contribution in [0.2, 0.25) is 0 Å². The average molecular weight is 313 g/mol. The number of carboxylic acids is 1. The normalized spacial score (nSPS) is 13.6. The second-order valence-electron chi connectivity index (χ2n) is 4.62. The molecule has 0 saturated carbocycles. The van der Waals surface area contributed by atoms with Crippen LogP contribution in [0.4, 0.5) is 0 Å². The number of sulfonamides is 1. The van der Waals surface area contributed by atoms with Gasteiger partial charge in [0, 0.05) is 15.0 Å². The van der Waals surface area contributed by atoms with Gasteiger partial charge in [-0.1, -0.05) is 18.2 Å². The van der Waals surface area contributed by atoms with E-state index < -0.39 is 22.0 Å². The van der Waals surface area contributed by atoms with E-state index in [1.54, 1.807) is 19.1 Å².